The third kappa shape index (κ3) is 4.38. The molecular weight excluding hydrogens is 364 g/mol. The molecule has 1 amide bonds. The van der Waals surface area contributed by atoms with Crippen LogP contribution in [-0.4, -0.2) is 32.7 Å². The molecule has 8 heteroatoms. The summed E-state index contributed by atoms with van der Waals surface area (Å²) in [6, 6.07) is 3.37. The number of aromatic nitrogens is 3. The topological polar surface area (TPSA) is 86.1 Å². The molecule has 2 rings (SSSR count). The van der Waals surface area contributed by atoms with Crippen molar-refractivity contribution in [3.8, 4) is 0 Å². The van der Waals surface area contributed by atoms with Crippen LogP contribution in [0.1, 0.15) is 37.2 Å². The van der Waals surface area contributed by atoms with E-state index < -0.39 is 18.0 Å². The lowest BCUT2D eigenvalue weighted by Crippen LogP contribution is -2.31. The lowest BCUT2D eigenvalue weighted by molar-refractivity contribution is -0.123. The van der Waals surface area contributed by atoms with Crippen molar-refractivity contribution < 1.29 is 14.3 Å². The number of ether oxygens (including phenoxy) is 1. The third-order valence-corrected chi connectivity index (χ3v) is 3.44. The fourth-order valence-electron chi connectivity index (χ4n) is 1.86. The fraction of sp³-hybridized carbons (Fsp3) is 0.333. The van der Waals surface area contributed by atoms with Crippen LogP contribution in [0.5, 0.6) is 0 Å². The first-order chi connectivity index (χ1) is 10.9. The Labute approximate surface area is 142 Å². The summed E-state index contributed by atoms with van der Waals surface area (Å²) < 4.78 is 7.49. The molecule has 0 radical (unpaired) electrons. The molecule has 1 atom stereocenters. The second-order valence-corrected chi connectivity index (χ2v) is 6.10. The van der Waals surface area contributed by atoms with Crippen LogP contribution < -0.4 is 5.32 Å². The zero-order valence-corrected chi connectivity index (χ0v) is 14.6. The number of amides is 1. The predicted octanol–water partition coefficient (Wildman–Crippen LogP) is 2.81. The summed E-state index contributed by atoms with van der Waals surface area (Å²) in [5.74, 6) is -0.487. The Bertz CT molecular complexity index is 714. The van der Waals surface area contributed by atoms with Crippen LogP contribution in [0.25, 0.3) is 0 Å². The maximum Gasteiger partial charge on any atom is 0.340 e. The van der Waals surface area contributed by atoms with Gasteiger partial charge in [-0.05, 0) is 42.8 Å². The molecule has 0 aromatic carbocycles. The number of nitrogens with one attached hydrogen (secondary N) is 1. The van der Waals surface area contributed by atoms with Gasteiger partial charge in [0.15, 0.2) is 6.10 Å². The zero-order chi connectivity index (χ0) is 17.0. The number of hydrogen-bond donors (Lipinski definition) is 1. The van der Waals surface area contributed by atoms with Crippen LogP contribution in [0.2, 0.25) is 0 Å². The van der Waals surface area contributed by atoms with Crippen LogP contribution in [0.15, 0.2) is 35.2 Å². The predicted molar refractivity (Wildman–Crippen MR) is 88.1 cm³/mol. The van der Waals surface area contributed by atoms with E-state index in [4.69, 9.17) is 4.74 Å². The van der Waals surface area contributed by atoms with Gasteiger partial charge in [-0.1, -0.05) is 0 Å². The highest BCUT2D eigenvalue weighted by atomic mass is 79.9. The van der Waals surface area contributed by atoms with Gasteiger partial charge in [0.1, 0.15) is 5.82 Å². The first-order valence-electron chi connectivity index (χ1n) is 7.04. The molecule has 0 saturated carbocycles. The standard InChI is InChI=1S/C15H17BrN4O3/c1-9(2)20-13(4-5-18-20)19-14(21)10(3)23-15(22)11-6-12(16)8-17-7-11/h4-10H,1-3H3,(H,19,21)/t10-/m0/s1. The molecule has 0 aliphatic rings. The first-order valence-corrected chi connectivity index (χ1v) is 7.83. The summed E-state index contributed by atoms with van der Waals surface area (Å²) in [7, 11) is 0. The molecule has 0 aliphatic carbocycles. The van der Waals surface area contributed by atoms with Crippen LogP contribution in [-0.2, 0) is 9.53 Å². The molecule has 1 N–H and O–H groups in total. The molecule has 7 nitrogen and oxygen atoms in total. The van der Waals surface area contributed by atoms with Gasteiger partial charge >= 0.3 is 5.97 Å². The van der Waals surface area contributed by atoms with Crippen molar-refractivity contribution in [2.75, 3.05) is 5.32 Å². The van der Waals surface area contributed by atoms with E-state index in [0.717, 1.165) is 0 Å². The summed E-state index contributed by atoms with van der Waals surface area (Å²) in [5, 5.41) is 6.83. The van der Waals surface area contributed by atoms with Crippen molar-refractivity contribution in [3.05, 3.63) is 40.8 Å². The normalized spacial score (nSPS) is 12.0. The van der Waals surface area contributed by atoms with Crippen LogP contribution >= 0.6 is 15.9 Å². The molecule has 2 heterocycles. The summed E-state index contributed by atoms with van der Waals surface area (Å²) >= 11 is 3.23. The van der Waals surface area contributed by atoms with Gasteiger partial charge in [0, 0.05) is 29.0 Å². The summed E-state index contributed by atoms with van der Waals surface area (Å²) in [6.07, 6.45) is 3.59. The Morgan fingerprint density at radius 1 is 1.30 bits per heavy atom. The molecule has 0 fully saturated rings. The molecule has 2 aromatic heterocycles. The molecule has 2 aromatic rings. The molecule has 0 unspecified atom stereocenters. The maximum absolute atomic E-state index is 12.2. The number of carbonyl (C=O) groups is 2. The highest BCUT2D eigenvalue weighted by molar-refractivity contribution is 9.10. The van der Waals surface area contributed by atoms with Crippen molar-refractivity contribution >= 4 is 33.6 Å². The van der Waals surface area contributed by atoms with Gasteiger partial charge in [0.05, 0.1) is 11.8 Å². The number of hydrogen-bond acceptors (Lipinski definition) is 5. The fourth-order valence-corrected chi connectivity index (χ4v) is 2.22. The Morgan fingerprint density at radius 2 is 2.04 bits per heavy atom. The van der Waals surface area contributed by atoms with Gasteiger partial charge in [0.2, 0.25) is 0 Å². The number of nitrogens with zero attached hydrogens (tertiary/aromatic N) is 3. The van der Waals surface area contributed by atoms with Crippen LogP contribution in [0.4, 0.5) is 5.82 Å². The van der Waals surface area contributed by atoms with Crippen molar-refractivity contribution in [1.82, 2.24) is 14.8 Å². The summed E-state index contributed by atoms with van der Waals surface area (Å²) in [5.41, 5.74) is 0.270. The van der Waals surface area contributed by atoms with Gasteiger partial charge in [-0.3, -0.25) is 9.78 Å². The molecule has 0 saturated heterocycles. The molecule has 0 bridgehead atoms. The zero-order valence-electron chi connectivity index (χ0n) is 13.0. The third-order valence-electron chi connectivity index (χ3n) is 3.00. The molecule has 0 spiro atoms. The van der Waals surface area contributed by atoms with Gasteiger partial charge in [-0.2, -0.15) is 5.10 Å². The number of pyridine rings is 1. The van der Waals surface area contributed by atoms with E-state index in [2.05, 4.69) is 31.3 Å². The van der Waals surface area contributed by atoms with E-state index in [1.54, 1.807) is 29.2 Å². The van der Waals surface area contributed by atoms with Crippen LogP contribution in [0.3, 0.4) is 0 Å². The molecule has 0 aliphatic heterocycles. The summed E-state index contributed by atoms with van der Waals surface area (Å²) in [6.45, 7) is 5.41. The average Bonchev–Trinajstić information content (AvgIpc) is 2.95. The van der Waals surface area contributed by atoms with Gasteiger partial charge in [0.25, 0.3) is 5.91 Å². The summed E-state index contributed by atoms with van der Waals surface area (Å²) in [4.78, 5) is 28.1. The van der Waals surface area contributed by atoms with E-state index in [1.165, 1.54) is 13.1 Å². The highest BCUT2D eigenvalue weighted by Gasteiger charge is 2.20. The number of halogens is 1. The smallest absolute Gasteiger partial charge is 0.340 e. The maximum atomic E-state index is 12.2. The minimum absolute atomic E-state index is 0.103. The van der Waals surface area contributed by atoms with Gasteiger partial charge in [-0.15, -0.1) is 0 Å². The van der Waals surface area contributed by atoms with Crippen molar-refractivity contribution in [2.24, 2.45) is 0 Å². The lowest BCUT2D eigenvalue weighted by atomic mass is 10.3. The minimum atomic E-state index is -0.947. The number of anilines is 1. The second-order valence-electron chi connectivity index (χ2n) is 5.18. The largest absolute Gasteiger partial charge is 0.449 e. The molecule has 122 valence electrons. The van der Waals surface area contributed by atoms with Crippen molar-refractivity contribution in [2.45, 2.75) is 32.9 Å². The number of carbonyl (C=O) groups excluding carboxylic acids is 2. The first kappa shape index (κ1) is 17.1. The Hall–Kier alpha value is -2.22. The Morgan fingerprint density at radius 3 is 2.70 bits per heavy atom. The quantitative estimate of drug-likeness (QED) is 0.805. The van der Waals surface area contributed by atoms with Crippen molar-refractivity contribution in [3.63, 3.8) is 0 Å². The van der Waals surface area contributed by atoms with E-state index in [-0.39, 0.29) is 11.6 Å². The van der Waals surface area contributed by atoms with E-state index in [1.807, 2.05) is 13.8 Å². The van der Waals surface area contributed by atoms with E-state index in [0.29, 0.717) is 10.3 Å². The van der Waals surface area contributed by atoms with Crippen molar-refractivity contribution in [1.29, 1.82) is 0 Å². The lowest BCUT2D eigenvalue weighted by Gasteiger charge is -2.15. The molecular formula is C15H17BrN4O3. The highest BCUT2D eigenvalue weighted by Crippen LogP contribution is 2.15. The SMILES string of the molecule is CC(C)n1nccc1NC(=O)[C@H](C)OC(=O)c1cncc(Br)c1. The minimum Gasteiger partial charge on any atom is -0.449 e. The Balaban J connectivity index is 2.00. The van der Waals surface area contributed by atoms with Gasteiger partial charge < -0.3 is 10.1 Å². The monoisotopic (exact) mass is 380 g/mol. The number of rotatable bonds is 5. The average molecular weight is 381 g/mol. The van der Waals surface area contributed by atoms with E-state index >= 15 is 0 Å². The van der Waals surface area contributed by atoms with E-state index in [9.17, 15) is 9.59 Å². The van der Waals surface area contributed by atoms with Gasteiger partial charge in [-0.25, -0.2) is 9.48 Å². The second kappa shape index (κ2) is 7.36. The van der Waals surface area contributed by atoms with Crippen LogP contribution in [0, 0.1) is 0 Å². The number of esters is 1. The molecule has 23 heavy (non-hydrogen) atoms. The Kier molecular flexibility index (Phi) is 5.49.